The maximum atomic E-state index is 11.7. The molecule has 1 aliphatic rings. The van der Waals surface area contributed by atoms with Crippen molar-refractivity contribution in [2.75, 3.05) is 0 Å². The lowest BCUT2D eigenvalue weighted by atomic mass is 10.1. The Balaban J connectivity index is 1.36. The number of imidazole rings is 1. The van der Waals surface area contributed by atoms with Crippen molar-refractivity contribution >= 4 is 17.0 Å². The molecule has 0 bridgehead atoms. The SMILES string of the molecule is CCC(=O)N[C@H]1CC[C@@H](n2cncc2-c2ccc(-c3nc4ccccc4o3)cc2)C1. The van der Waals surface area contributed by atoms with Crippen molar-refractivity contribution in [3.8, 4) is 22.7 Å². The van der Waals surface area contributed by atoms with Gasteiger partial charge >= 0.3 is 0 Å². The maximum absolute atomic E-state index is 11.7. The predicted octanol–water partition coefficient (Wildman–Crippen LogP) is 4.98. The highest BCUT2D eigenvalue weighted by molar-refractivity contribution is 5.77. The molecule has 2 heterocycles. The summed E-state index contributed by atoms with van der Waals surface area (Å²) in [5, 5.41) is 3.13. The third kappa shape index (κ3) is 3.49. The summed E-state index contributed by atoms with van der Waals surface area (Å²) in [6, 6.07) is 16.6. The van der Waals surface area contributed by atoms with Crippen LogP contribution in [0.5, 0.6) is 0 Å². The van der Waals surface area contributed by atoms with E-state index in [-0.39, 0.29) is 11.9 Å². The summed E-state index contributed by atoms with van der Waals surface area (Å²) in [7, 11) is 0. The fourth-order valence-electron chi connectivity index (χ4n) is 4.27. The van der Waals surface area contributed by atoms with E-state index in [0.29, 0.717) is 18.4 Å². The number of rotatable bonds is 5. The average Bonchev–Trinajstić information content (AvgIpc) is 3.52. The first-order valence-electron chi connectivity index (χ1n) is 10.5. The Kier molecular flexibility index (Phi) is 4.83. The summed E-state index contributed by atoms with van der Waals surface area (Å²) in [6.07, 6.45) is 7.33. The molecule has 6 heteroatoms. The molecule has 4 aromatic rings. The van der Waals surface area contributed by atoms with Gasteiger partial charge < -0.3 is 14.3 Å². The van der Waals surface area contributed by atoms with E-state index in [0.717, 1.165) is 47.2 Å². The molecule has 0 spiro atoms. The van der Waals surface area contributed by atoms with Gasteiger partial charge in [0.2, 0.25) is 11.8 Å². The minimum Gasteiger partial charge on any atom is -0.436 e. The minimum atomic E-state index is 0.126. The number of aromatic nitrogens is 3. The maximum Gasteiger partial charge on any atom is 0.227 e. The monoisotopic (exact) mass is 400 g/mol. The molecule has 0 saturated heterocycles. The Labute approximate surface area is 175 Å². The number of hydrogen-bond donors (Lipinski definition) is 1. The van der Waals surface area contributed by atoms with Crippen LogP contribution >= 0.6 is 0 Å². The highest BCUT2D eigenvalue weighted by Crippen LogP contribution is 2.34. The van der Waals surface area contributed by atoms with Crippen LogP contribution < -0.4 is 5.32 Å². The second-order valence-corrected chi connectivity index (χ2v) is 7.84. The van der Waals surface area contributed by atoms with Crippen LogP contribution in [0.15, 0.2) is 65.5 Å². The Morgan fingerprint density at radius 2 is 1.93 bits per heavy atom. The van der Waals surface area contributed by atoms with Crippen LogP contribution in [-0.4, -0.2) is 26.5 Å². The summed E-state index contributed by atoms with van der Waals surface area (Å²) < 4.78 is 8.12. The number of hydrogen-bond acceptors (Lipinski definition) is 4. The number of benzene rings is 2. The van der Waals surface area contributed by atoms with E-state index in [1.165, 1.54) is 0 Å². The van der Waals surface area contributed by atoms with E-state index in [9.17, 15) is 4.79 Å². The smallest absolute Gasteiger partial charge is 0.227 e. The standard InChI is InChI=1S/C24H24N4O2/c1-2-23(29)26-18-11-12-19(13-18)28-15-25-14-21(28)16-7-9-17(10-8-16)24-27-20-5-3-4-6-22(20)30-24/h3-10,14-15,18-19H,2,11-13H2,1H3,(H,26,29)/t18-,19+/m0/s1. The molecule has 152 valence electrons. The zero-order valence-electron chi connectivity index (χ0n) is 16.9. The summed E-state index contributed by atoms with van der Waals surface area (Å²) in [4.78, 5) is 20.7. The van der Waals surface area contributed by atoms with Crippen molar-refractivity contribution in [1.29, 1.82) is 0 Å². The molecule has 0 unspecified atom stereocenters. The van der Waals surface area contributed by atoms with E-state index in [1.807, 2.05) is 55.8 Å². The first-order valence-corrected chi connectivity index (χ1v) is 10.5. The van der Waals surface area contributed by atoms with Gasteiger partial charge in [0.05, 0.1) is 18.2 Å². The van der Waals surface area contributed by atoms with Gasteiger partial charge in [-0.05, 0) is 49.1 Å². The molecule has 2 aromatic carbocycles. The van der Waals surface area contributed by atoms with Crippen LogP contribution in [-0.2, 0) is 4.79 Å². The average molecular weight is 400 g/mol. The molecule has 30 heavy (non-hydrogen) atoms. The van der Waals surface area contributed by atoms with Crippen LogP contribution in [0.2, 0.25) is 0 Å². The van der Waals surface area contributed by atoms with Gasteiger partial charge in [-0.25, -0.2) is 9.97 Å². The molecule has 1 saturated carbocycles. The first kappa shape index (κ1) is 18.6. The second kappa shape index (κ2) is 7.78. The Morgan fingerprint density at radius 1 is 1.13 bits per heavy atom. The van der Waals surface area contributed by atoms with Crippen molar-refractivity contribution in [3.05, 3.63) is 61.1 Å². The van der Waals surface area contributed by atoms with Gasteiger partial charge in [-0.1, -0.05) is 31.2 Å². The third-order valence-corrected chi connectivity index (χ3v) is 5.87. The molecule has 2 aromatic heterocycles. The lowest BCUT2D eigenvalue weighted by Crippen LogP contribution is -2.32. The lowest BCUT2D eigenvalue weighted by molar-refractivity contribution is -0.121. The molecule has 1 fully saturated rings. The number of nitrogens with one attached hydrogen (secondary N) is 1. The number of amides is 1. The van der Waals surface area contributed by atoms with E-state index in [1.54, 1.807) is 0 Å². The second-order valence-electron chi connectivity index (χ2n) is 7.84. The van der Waals surface area contributed by atoms with Gasteiger partial charge in [-0.3, -0.25) is 4.79 Å². The molecule has 5 rings (SSSR count). The van der Waals surface area contributed by atoms with E-state index in [2.05, 4.69) is 32.0 Å². The molecule has 2 atom stereocenters. The normalized spacial score (nSPS) is 18.7. The third-order valence-electron chi connectivity index (χ3n) is 5.87. The van der Waals surface area contributed by atoms with Crippen LogP contribution in [0.4, 0.5) is 0 Å². The highest BCUT2D eigenvalue weighted by atomic mass is 16.3. The van der Waals surface area contributed by atoms with Crippen molar-refractivity contribution in [3.63, 3.8) is 0 Å². The van der Waals surface area contributed by atoms with Crippen molar-refractivity contribution in [2.24, 2.45) is 0 Å². The first-order chi connectivity index (χ1) is 14.7. The molecule has 1 N–H and O–H groups in total. The van der Waals surface area contributed by atoms with E-state index in [4.69, 9.17) is 4.42 Å². The largest absolute Gasteiger partial charge is 0.436 e. The van der Waals surface area contributed by atoms with E-state index >= 15 is 0 Å². The molecule has 1 amide bonds. The van der Waals surface area contributed by atoms with Crippen molar-refractivity contribution in [2.45, 2.75) is 44.7 Å². The van der Waals surface area contributed by atoms with Gasteiger partial charge in [0.1, 0.15) is 5.52 Å². The number of para-hydroxylation sites is 2. The van der Waals surface area contributed by atoms with Crippen LogP contribution in [0.3, 0.4) is 0 Å². The zero-order valence-corrected chi connectivity index (χ0v) is 16.9. The Hall–Kier alpha value is -3.41. The number of carbonyl (C=O) groups is 1. The Morgan fingerprint density at radius 3 is 2.73 bits per heavy atom. The zero-order chi connectivity index (χ0) is 20.5. The summed E-state index contributed by atoms with van der Waals surface area (Å²) >= 11 is 0. The minimum absolute atomic E-state index is 0.126. The fourth-order valence-corrected chi connectivity index (χ4v) is 4.27. The molecular formula is C24H24N4O2. The van der Waals surface area contributed by atoms with Crippen molar-refractivity contribution < 1.29 is 9.21 Å². The van der Waals surface area contributed by atoms with Gasteiger partial charge in [0.25, 0.3) is 0 Å². The molecule has 6 nitrogen and oxygen atoms in total. The topological polar surface area (TPSA) is 73.0 Å². The molecular weight excluding hydrogens is 376 g/mol. The molecule has 1 aliphatic carbocycles. The molecule has 0 radical (unpaired) electrons. The predicted molar refractivity (Wildman–Crippen MR) is 116 cm³/mol. The summed E-state index contributed by atoms with van der Waals surface area (Å²) in [6.45, 7) is 1.89. The number of fused-ring (bicyclic) bond motifs is 1. The fraction of sp³-hybridized carbons (Fsp3) is 0.292. The number of nitrogens with zero attached hydrogens (tertiary/aromatic N) is 3. The Bertz CT molecular complexity index is 1140. The van der Waals surface area contributed by atoms with Gasteiger partial charge in [0.15, 0.2) is 5.58 Å². The van der Waals surface area contributed by atoms with Gasteiger partial charge in [0, 0.05) is 24.1 Å². The molecule has 0 aliphatic heterocycles. The summed E-state index contributed by atoms with van der Waals surface area (Å²) in [5.41, 5.74) is 4.80. The van der Waals surface area contributed by atoms with Crippen LogP contribution in [0.1, 0.15) is 38.6 Å². The lowest BCUT2D eigenvalue weighted by Gasteiger charge is -2.17. The van der Waals surface area contributed by atoms with Crippen LogP contribution in [0.25, 0.3) is 33.8 Å². The quantitative estimate of drug-likeness (QED) is 0.513. The van der Waals surface area contributed by atoms with E-state index < -0.39 is 0 Å². The number of carbonyl (C=O) groups excluding carboxylic acids is 1. The van der Waals surface area contributed by atoms with Crippen molar-refractivity contribution in [1.82, 2.24) is 19.9 Å². The number of oxazole rings is 1. The van der Waals surface area contributed by atoms with Gasteiger partial charge in [-0.15, -0.1) is 0 Å². The van der Waals surface area contributed by atoms with Gasteiger partial charge in [-0.2, -0.15) is 0 Å². The summed E-state index contributed by atoms with van der Waals surface area (Å²) in [5.74, 6) is 0.753. The van der Waals surface area contributed by atoms with Crippen LogP contribution in [0, 0.1) is 0 Å². The highest BCUT2D eigenvalue weighted by Gasteiger charge is 2.28.